The van der Waals surface area contributed by atoms with E-state index in [-0.39, 0.29) is 16.4 Å². The molecule has 2 rings (SSSR count). The summed E-state index contributed by atoms with van der Waals surface area (Å²) in [5, 5.41) is 5.32. The van der Waals surface area contributed by atoms with Gasteiger partial charge < -0.3 is 10.6 Å². The summed E-state index contributed by atoms with van der Waals surface area (Å²) in [5.41, 5.74) is -0.373. The number of alkyl halides is 3. The van der Waals surface area contributed by atoms with Crippen LogP contribution >= 0.6 is 11.6 Å². The Labute approximate surface area is 141 Å². The highest BCUT2D eigenvalue weighted by Gasteiger charge is 2.31. The second-order valence-electron chi connectivity index (χ2n) is 4.75. The van der Waals surface area contributed by atoms with Crippen LogP contribution in [0.3, 0.4) is 0 Å². The van der Waals surface area contributed by atoms with Crippen LogP contribution in [0.5, 0.6) is 0 Å². The lowest BCUT2D eigenvalue weighted by molar-refractivity contribution is -0.137. The van der Waals surface area contributed by atoms with Gasteiger partial charge in [0, 0.05) is 18.4 Å². The third-order valence-electron chi connectivity index (χ3n) is 2.98. The third kappa shape index (κ3) is 4.48. The molecule has 0 saturated heterocycles. The second-order valence-corrected chi connectivity index (χ2v) is 5.15. The molecule has 0 aliphatic rings. The van der Waals surface area contributed by atoms with Crippen LogP contribution in [0.2, 0.25) is 5.02 Å². The molecule has 0 atom stereocenters. The monoisotopic (exact) mass is 355 g/mol. The number of benzene rings is 1. The average Bonchev–Trinajstić information content (AvgIpc) is 2.54. The molecule has 2 N–H and O–H groups in total. The summed E-state index contributed by atoms with van der Waals surface area (Å²) in [6, 6.07) is 5.82. The van der Waals surface area contributed by atoms with E-state index in [0.29, 0.717) is 12.2 Å². The Morgan fingerprint density at radius 1 is 1.29 bits per heavy atom. The molecule has 0 unspecified atom stereocenters. The van der Waals surface area contributed by atoms with Crippen LogP contribution in [0.25, 0.3) is 0 Å². The molecule has 0 aliphatic carbocycles. The number of hydrogen-bond acceptors (Lipinski definition) is 3. The first kappa shape index (κ1) is 17.8. The number of anilines is 2. The van der Waals surface area contributed by atoms with Crippen LogP contribution in [0.1, 0.15) is 16.1 Å². The minimum absolute atomic E-state index is 0.00251. The summed E-state index contributed by atoms with van der Waals surface area (Å²) >= 11 is 5.85. The number of halogens is 4. The van der Waals surface area contributed by atoms with Gasteiger partial charge in [0.2, 0.25) is 0 Å². The SMILES string of the molecule is C=CCNc1ccnc(C(=O)Nc2cc(C(F)(F)F)ccc2Cl)c1. The van der Waals surface area contributed by atoms with Crippen molar-refractivity contribution in [3.63, 3.8) is 0 Å². The van der Waals surface area contributed by atoms with Gasteiger partial charge in [-0.05, 0) is 30.3 Å². The first-order chi connectivity index (χ1) is 11.3. The minimum atomic E-state index is -4.53. The molecule has 1 heterocycles. The van der Waals surface area contributed by atoms with E-state index < -0.39 is 17.6 Å². The molecule has 126 valence electrons. The number of pyridine rings is 1. The molecule has 0 fully saturated rings. The zero-order valence-electron chi connectivity index (χ0n) is 12.3. The lowest BCUT2D eigenvalue weighted by Gasteiger charge is -2.12. The summed E-state index contributed by atoms with van der Waals surface area (Å²) in [6.07, 6.45) is -1.48. The van der Waals surface area contributed by atoms with Crippen molar-refractivity contribution in [3.05, 3.63) is 65.5 Å². The molecule has 0 spiro atoms. The van der Waals surface area contributed by atoms with Gasteiger partial charge in [0.1, 0.15) is 5.69 Å². The molecule has 0 saturated carbocycles. The molecule has 0 aliphatic heterocycles. The summed E-state index contributed by atoms with van der Waals surface area (Å²) in [6.45, 7) is 4.05. The Kier molecular flexibility index (Phi) is 5.46. The molecular weight excluding hydrogens is 343 g/mol. The molecule has 1 amide bonds. The van der Waals surface area contributed by atoms with Crippen molar-refractivity contribution in [2.45, 2.75) is 6.18 Å². The fraction of sp³-hybridized carbons (Fsp3) is 0.125. The molecule has 2 aromatic rings. The van der Waals surface area contributed by atoms with Crippen LogP contribution in [-0.2, 0) is 6.18 Å². The number of hydrogen-bond donors (Lipinski definition) is 2. The lowest BCUT2D eigenvalue weighted by Crippen LogP contribution is -2.15. The quantitative estimate of drug-likeness (QED) is 0.770. The van der Waals surface area contributed by atoms with Crippen molar-refractivity contribution in [2.24, 2.45) is 0 Å². The Hall–Kier alpha value is -2.54. The average molecular weight is 356 g/mol. The Morgan fingerprint density at radius 2 is 2.04 bits per heavy atom. The summed E-state index contributed by atoms with van der Waals surface area (Å²) in [7, 11) is 0. The highest BCUT2D eigenvalue weighted by atomic mass is 35.5. The number of amides is 1. The van der Waals surface area contributed by atoms with Gasteiger partial charge in [0.25, 0.3) is 5.91 Å². The summed E-state index contributed by atoms with van der Waals surface area (Å²) < 4.78 is 38.2. The lowest BCUT2D eigenvalue weighted by atomic mass is 10.2. The van der Waals surface area contributed by atoms with Gasteiger partial charge >= 0.3 is 6.18 Å². The first-order valence-corrected chi connectivity index (χ1v) is 7.18. The van der Waals surface area contributed by atoms with Crippen LogP contribution in [0.15, 0.2) is 49.2 Å². The largest absolute Gasteiger partial charge is 0.416 e. The maximum Gasteiger partial charge on any atom is 0.416 e. The number of aromatic nitrogens is 1. The van der Waals surface area contributed by atoms with Gasteiger partial charge in [0.15, 0.2) is 0 Å². The number of nitrogens with one attached hydrogen (secondary N) is 2. The van der Waals surface area contributed by atoms with Gasteiger partial charge in [-0.3, -0.25) is 9.78 Å². The highest BCUT2D eigenvalue weighted by Crippen LogP contribution is 2.33. The van der Waals surface area contributed by atoms with Gasteiger partial charge in [-0.25, -0.2) is 0 Å². The van der Waals surface area contributed by atoms with E-state index in [4.69, 9.17) is 11.6 Å². The summed E-state index contributed by atoms with van der Waals surface area (Å²) in [5.74, 6) is -0.668. The topological polar surface area (TPSA) is 54.0 Å². The minimum Gasteiger partial charge on any atom is -0.381 e. The number of carbonyl (C=O) groups is 1. The summed E-state index contributed by atoms with van der Waals surface area (Å²) in [4.78, 5) is 16.1. The highest BCUT2D eigenvalue weighted by molar-refractivity contribution is 6.33. The smallest absolute Gasteiger partial charge is 0.381 e. The van der Waals surface area contributed by atoms with Crippen molar-refractivity contribution in [2.75, 3.05) is 17.2 Å². The molecule has 0 radical (unpaired) electrons. The van der Waals surface area contributed by atoms with Crippen molar-refractivity contribution in [1.29, 1.82) is 0 Å². The zero-order valence-corrected chi connectivity index (χ0v) is 13.1. The van der Waals surface area contributed by atoms with E-state index in [1.54, 1.807) is 12.1 Å². The van der Waals surface area contributed by atoms with Gasteiger partial charge in [0.05, 0.1) is 16.3 Å². The van der Waals surface area contributed by atoms with Gasteiger partial charge in [-0.1, -0.05) is 17.7 Å². The Bertz CT molecular complexity index is 762. The zero-order chi connectivity index (χ0) is 17.7. The van der Waals surface area contributed by atoms with Crippen molar-refractivity contribution in [1.82, 2.24) is 4.98 Å². The van der Waals surface area contributed by atoms with E-state index in [2.05, 4.69) is 22.2 Å². The maximum absolute atomic E-state index is 12.7. The van der Waals surface area contributed by atoms with Crippen molar-refractivity contribution < 1.29 is 18.0 Å². The van der Waals surface area contributed by atoms with E-state index in [1.807, 2.05) is 0 Å². The van der Waals surface area contributed by atoms with Crippen LogP contribution in [0.4, 0.5) is 24.5 Å². The number of carbonyl (C=O) groups excluding carboxylic acids is 1. The molecule has 1 aromatic carbocycles. The first-order valence-electron chi connectivity index (χ1n) is 6.80. The van der Waals surface area contributed by atoms with E-state index >= 15 is 0 Å². The number of nitrogens with zero attached hydrogens (tertiary/aromatic N) is 1. The Morgan fingerprint density at radius 3 is 2.71 bits per heavy atom. The fourth-order valence-electron chi connectivity index (χ4n) is 1.84. The van der Waals surface area contributed by atoms with Crippen molar-refractivity contribution >= 4 is 28.9 Å². The van der Waals surface area contributed by atoms with E-state index in [1.165, 1.54) is 12.3 Å². The second kappa shape index (κ2) is 7.35. The molecule has 4 nitrogen and oxygen atoms in total. The van der Waals surface area contributed by atoms with E-state index in [9.17, 15) is 18.0 Å². The molecular formula is C16H13ClF3N3O. The number of rotatable bonds is 5. The predicted octanol–water partition coefficient (Wildman–Crippen LogP) is 4.60. The molecule has 1 aromatic heterocycles. The predicted molar refractivity (Wildman–Crippen MR) is 87.3 cm³/mol. The normalized spacial score (nSPS) is 11.0. The van der Waals surface area contributed by atoms with Crippen LogP contribution < -0.4 is 10.6 Å². The van der Waals surface area contributed by atoms with Crippen LogP contribution in [0, 0.1) is 0 Å². The standard InChI is InChI=1S/C16H13ClF3N3O/c1-2-6-21-11-5-7-22-14(9-11)15(24)23-13-8-10(16(18,19)20)3-4-12(13)17/h2-5,7-9H,1,6H2,(H,21,22)(H,23,24). The molecule has 8 heteroatoms. The molecule has 0 bridgehead atoms. The Balaban J connectivity index is 2.22. The van der Waals surface area contributed by atoms with Crippen LogP contribution in [-0.4, -0.2) is 17.4 Å². The van der Waals surface area contributed by atoms with E-state index in [0.717, 1.165) is 18.2 Å². The maximum atomic E-state index is 12.7. The third-order valence-corrected chi connectivity index (χ3v) is 3.31. The van der Waals surface area contributed by atoms with Gasteiger partial charge in [-0.2, -0.15) is 13.2 Å². The molecule has 24 heavy (non-hydrogen) atoms. The van der Waals surface area contributed by atoms with Gasteiger partial charge in [-0.15, -0.1) is 6.58 Å². The van der Waals surface area contributed by atoms with Crippen molar-refractivity contribution in [3.8, 4) is 0 Å². The fourth-order valence-corrected chi connectivity index (χ4v) is 2.00.